The molecule has 0 fully saturated rings. The Morgan fingerprint density at radius 3 is 2.52 bits per heavy atom. The van der Waals surface area contributed by atoms with Crippen LogP contribution in [0.15, 0.2) is 24.3 Å². The number of benzene rings is 1. The maximum absolute atomic E-state index is 11.6. The zero-order chi connectivity index (χ0) is 15.2. The fourth-order valence-electron chi connectivity index (χ4n) is 1.63. The van der Waals surface area contributed by atoms with E-state index in [-0.39, 0.29) is 13.0 Å². The van der Waals surface area contributed by atoms with E-state index in [2.05, 4.69) is 14.9 Å². The lowest BCUT2D eigenvalue weighted by Crippen LogP contribution is -2.19. The summed E-state index contributed by atoms with van der Waals surface area (Å²) in [6.45, 7) is 1.84. The van der Waals surface area contributed by atoms with Crippen molar-refractivity contribution in [3.63, 3.8) is 0 Å². The van der Waals surface area contributed by atoms with Gasteiger partial charge in [-0.3, -0.25) is 4.79 Å². The molecule has 0 saturated heterocycles. The maximum atomic E-state index is 11.6. The summed E-state index contributed by atoms with van der Waals surface area (Å²) in [4.78, 5) is 22.8. The topological polar surface area (TPSA) is 69.2 Å². The Kier molecular flexibility index (Phi) is 5.41. The molecule has 7 heteroatoms. The standard InChI is InChI=1S/C14H13ClN2O3S/c1-2-20-14(19)11(18)8-13-17-16-12(21-13)7-9-3-5-10(15)6-4-9/h3-6H,2,7-8H2,1H3. The van der Waals surface area contributed by atoms with Gasteiger partial charge in [0, 0.05) is 11.4 Å². The van der Waals surface area contributed by atoms with Gasteiger partial charge in [-0.1, -0.05) is 23.7 Å². The lowest BCUT2D eigenvalue weighted by atomic mass is 10.2. The van der Waals surface area contributed by atoms with Crippen molar-refractivity contribution < 1.29 is 14.3 Å². The molecule has 2 rings (SSSR count). The van der Waals surface area contributed by atoms with Gasteiger partial charge in [-0.25, -0.2) is 4.79 Å². The summed E-state index contributed by atoms with van der Waals surface area (Å²) < 4.78 is 4.64. The number of carbonyl (C=O) groups is 2. The molecule has 0 amide bonds. The largest absolute Gasteiger partial charge is 0.460 e. The molecule has 0 aliphatic carbocycles. The van der Waals surface area contributed by atoms with Crippen molar-refractivity contribution in [2.75, 3.05) is 6.61 Å². The molecule has 0 spiro atoms. The van der Waals surface area contributed by atoms with Crippen LogP contribution < -0.4 is 0 Å². The third kappa shape index (κ3) is 4.61. The van der Waals surface area contributed by atoms with E-state index in [9.17, 15) is 9.59 Å². The van der Waals surface area contributed by atoms with Crippen LogP contribution in [0.3, 0.4) is 0 Å². The second-order valence-corrected chi connectivity index (χ2v) is 5.80. The zero-order valence-corrected chi connectivity index (χ0v) is 12.9. The highest BCUT2D eigenvalue weighted by Crippen LogP contribution is 2.17. The third-order valence-corrected chi connectivity index (χ3v) is 3.77. The van der Waals surface area contributed by atoms with Crippen molar-refractivity contribution in [1.29, 1.82) is 0 Å². The van der Waals surface area contributed by atoms with Crippen LogP contribution in [0, 0.1) is 0 Å². The van der Waals surface area contributed by atoms with Crippen LogP contribution in [-0.2, 0) is 27.2 Å². The van der Waals surface area contributed by atoms with Crippen LogP contribution in [0.25, 0.3) is 0 Å². The van der Waals surface area contributed by atoms with Crippen LogP contribution in [0.1, 0.15) is 22.5 Å². The number of nitrogens with zero attached hydrogens (tertiary/aromatic N) is 2. The van der Waals surface area contributed by atoms with E-state index < -0.39 is 11.8 Å². The molecule has 21 heavy (non-hydrogen) atoms. The van der Waals surface area contributed by atoms with Crippen molar-refractivity contribution in [3.05, 3.63) is 44.9 Å². The molecule has 0 aliphatic rings. The number of ether oxygens (including phenoxy) is 1. The van der Waals surface area contributed by atoms with Gasteiger partial charge in [-0.2, -0.15) is 0 Å². The number of hydrogen-bond donors (Lipinski definition) is 0. The quantitative estimate of drug-likeness (QED) is 0.603. The van der Waals surface area contributed by atoms with Gasteiger partial charge in [-0.05, 0) is 24.6 Å². The van der Waals surface area contributed by atoms with Crippen molar-refractivity contribution in [3.8, 4) is 0 Å². The van der Waals surface area contributed by atoms with Gasteiger partial charge in [0.1, 0.15) is 10.0 Å². The summed E-state index contributed by atoms with van der Waals surface area (Å²) in [5.74, 6) is -1.43. The monoisotopic (exact) mass is 324 g/mol. The molecule has 1 aromatic carbocycles. The van der Waals surface area contributed by atoms with Gasteiger partial charge in [0.2, 0.25) is 5.78 Å². The molecular formula is C14H13ClN2O3S. The van der Waals surface area contributed by atoms with E-state index in [0.717, 1.165) is 10.6 Å². The molecule has 0 radical (unpaired) electrons. The zero-order valence-electron chi connectivity index (χ0n) is 11.3. The molecule has 0 N–H and O–H groups in total. The average Bonchev–Trinajstić information content (AvgIpc) is 2.89. The van der Waals surface area contributed by atoms with Crippen LogP contribution in [0.2, 0.25) is 5.02 Å². The minimum Gasteiger partial charge on any atom is -0.460 e. The van der Waals surface area contributed by atoms with Gasteiger partial charge in [-0.15, -0.1) is 21.5 Å². The second kappa shape index (κ2) is 7.28. The molecule has 5 nitrogen and oxygen atoms in total. The normalized spacial score (nSPS) is 10.4. The molecule has 2 aromatic rings. The van der Waals surface area contributed by atoms with Gasteiger partial charge in [0.15, 0.2) is 0 Å². The van der Waals surface area contributed by atoms with Gasteiger partial charge >= 0.3 is 5.97 Å². The predicted molar refractivity (Wildman–Crippen MR) is 79.5 cm³/mol. The number of rotatable bonds is 6. The molecule has 0 bridgehead atoms. The molecule has 1 aromatic heterocycles. The smallest absolute Gasteiger partial charge is 0.375 e. The fraction of sp³-hybridized carbons (Fsp3) is 0.286. The Labute approximate surface area is 130 Å². The molecular weight excluding hydrogens is 312 g/mol. The minimum absolute atomic E-state index is 0.0723. The number of halogens is 1. The fourth-order valence-corrected chi connectivity index (χ4v) is 2.63. The molecule has 0 unspecified atom stereocenters. The summed E-state index contributed by atoms with van der Waals surface area (Å²) in [7, 11) is 0. The van der Waals surface area contributed by atoms with E-state index in [1.165, 1.54) is 11.3 Å². The van der Waals surface area contributed by atoms with Crippen LogP contribution in [0.4, 0.5) is 0 Å². The molecule has 0 saturated carbocycles. The Hall–Kier alpha value is -1.79. The first-order chi connectivity index (χ1) is 10.1. The van der Waals surface area contributed by atoms with Crippen molar-refractivity contribution in [2.45, 2.75) is 19.8 Å². The number of carbonyl (C=O) groups excluding carboxylic acids is 2. The molecule has 0 aliphatic heterocycles. The highest BCUT2D eigenvalue weighted by molar-refractivity contribution is 7.11. The Morgan fingerprint density at radius 1 is 1.19 bits per heavy atom. The Bertz CT molecular complexity index is 640. The van der Waals surface area contributed by atoms with E-state index in [4.69, 9.17) is 11.6 Å². The number of ketones is 1. The highest BCUT2D eigenvalue weighted by Gasteiger charge is 2.18. The van der Waals surface area contributed by atoms with Gasteiger partial charge in [0.25, 0.3) is 0 Å². The van der Waals surface area contributed by atoms with E-state index in [1.807, 2.05) is 24.3 Å². The SMILES string of the molecule is CCOC(=O)C(=O)Cc1nnc(Cc2ccc(Cl)cc2)s1. The summed E-state index contributed by atoms with van der Waals surface area (Å²) in [6.07, 6.45) is 0.541. The molecule has 0 atom stereocenters. The lowest BCUT2D eigenvalue weighted by Gasteiger charge is -1.98. The summed E-state index contributed by atoms with van der Waals surface area (Å²) in [6, 6.07) is 7.44. The number of Topliss-reactive ketones (excluding diaryl/α,β-unsaturated/α-hetero) is 1. The van der Waals surface area contributed by atoms with Gasteiger partial charge < -0.3 is 4.74 Å². The summed E-state index contributed by atoms with van der Waals surface area (Å²) in [5.41, 5.74) is 1.05. The van der Waals surface area contributed by atoms with Crippen LogP contribution >= 0.6 is 22.9 Å². The number of aromatic nitrogens is 2. The summed E-state index contributed by atoms with van der Waals surface area (Å²) >= 11 is 7.14. The van der Waals surface area contributed by atoms with E-state index in [0.29, 0.717) is 16.5 Å². The Balaban J connectivity index is 1.96. The first-order valence-electron chi connectivity index (χ1n) is 6.34. The Morgan fingerprint density at radius 2 is 1.86 bits per heavy atom. The van der Waals surface area contributed by atoms with Crippen molar-refractivity contribution in [2.24, 2.45) is 0 Å². The van der Waals surface area contributed by atoms with E-state index in [1.54, 1.807) is 6.92 Å². The minimum atomic E-state index is -0.827. The number of esters is 1. The molecule has 1 heterocycles. The van der Waals surface area contributed by atoms with E-state index >= 15 is 0 Å². The predicted octanol–water partition coefficient (Wildman–Crippen LogP) is 2.46. The average molecular weight is 325 g/mol. The highest BCUT2D eigenvalue weighted by atomic mass is 35.5. The van der Waals surface area contributed by atoms with Crippen LogP contribution in [-0.4, -0.2) is 28.6 Å². The van der Waals surface area contributed by atoms with Crippen molar-refractivity contribution in [1.82, 2.24) is 10.2 Å². The third-order valence-electron chi connectivity index (χ3n) is 2.59. The molecule has 110 valence electrons. The van der Waals surface area contributed by atoms with Crippen molar-refractivity contribution >= 4 is 34.7 Å². The number of hydrogen-bond acceptors (Lipinski definition) is 6. The first-order valence-corrected chi connectivity index (χ1v) is 7.53. The van der Waals surface area contributed by atoms with Crippen LogP contribution in [0.5, 0.6) is 0 Å². The van der Waals surface area contributed by atoms with Gasteiger partial charge in [0.05, 0.1) is 13.0 Å². The second-order valence-electron chi connectivity index (χ2n) is 4.21. The summed E-state index contributed by atoms with van der Waals surface area (Å²) in [5, 5.41) is 9.92. The first kappa shape index (κ1) is 15.6. The maximum Gasteiger partial charge on any atom is 0.375 e. The lowest BCUT2D eigenvalue weighted by molar-refractivity contribution is -0.153.